The first-order valence-corrected chi connectivity index (χ1v) is 7.28. The van der Waals surface area contributed by atoms with Crippen molar-refractivity contribution in [1.29, 1.82) is 0 Å². The van der Waals surface area contributed by atoms with E-state index in [1.54, 1.807) is 6.07 Å². The molecule has 1 heterocycles. The molecule has 0 aliphatic heterocycles. The molecule has 0 fully saturated rings. The number of aryl methyl sites for hydroxylation is 2. The van der Waals surface area contributed by atoms with E-state index >= 15 is 0 Å². The maximum Gasteiger partial charge on any atom is 0.193 e. The van der Waals surface area contributed by atoms with Gasteiger partial charge in [0.2, 0.25) is 0 Å². The van der Waals surface area contributed by atoms with E-state index in [1.807, 2.05) is 69.2 Å². The molecule has 0 N–H and O–H groups in total. The Balaban J connectivity index is 2.15. The fourth-order valence-electron chi connectivity index (χ4n) is 2.48. The zero-order chi connectivity index (χ0) is 15.9. The lowest BCUT2D eigenvalue weighted by Gasteiger charge is -2.12. The molecule has 22 heavy (non-hydrogen) atoms. The first kappa shape index (κ1) is 14.4. The number of nitrogens with zero attached hydrogens (tertiary/aromatic N) is 1. The van der Waals surface area contributed by atoms with Crippen molar-refractivity contribution >= 4 is 16.7 Å². The quantitative estimate of drug-likeness (QED) is 0.712. The predicted octanol–water partition coefficient (Wildman–Crippen LogP) is 4.14. The summed E-state index contributed by atoms with van der Waals surface area (Å²) in [5.41, 5.74) is 4.87. The molecule has 0 aliphatic rings. The van der Waals surface area contributed by atoms with Gasteiger partial charge in [-0.25, -0.2) is 0 Å². The van der Waals surface area contributed by atoms with Gasteiger partial charge < -0.3 is 9.32 Å². The molecule has 0 atom stereocenters. The number of hydrogen-bond donors (Lipinski definition) is 0. The Hall–Kier alpha value is -2.55. The van der Waals surface area contributed by atoms with Gasteiger partial charge in [-0.1, -0.05) is 0 Å². The van der Waals surface area contributed by atoms with E-state index in [0.717, 1.165) is 22.4 Å². The lowest BCUT2D eigenvalue weighted by Crippen LogP contribution is -2.08. The Bertz CT molecular complexity index is 890. The van der Waals surface area contributed by atoms with Crippen molar-refractivity contribution in [3.05, 3.63) is 63.8 Å². The summed E-state index contributed by atoms with van der Waals surface area (Å²) < 4.78 is 5.95. The molecule has 0 unspecified atom stereocenters. The summed E-state index contributed by atoms with van der Waals surface area (Å²) in [6.07, 6.45) is 0. The van der Waals surface area contributed by atoms with Crippen molar-refractivity contribution in [3.63, 3.8) is 0 Å². The third-order valence-electron chi connectivity index (χ3n) is 4.01. The highest BCUT2D eigenvalue weighted by molar-refractivity contribution is 5.80. The second-order valence-electron chi connectivity index (χ2n) is 5.85. The fourth-order valence-corrected chi connectivity index (χ4v) is 2.48. The SMILES string of the molecule is Cc1cc2oc(-c3ccc(N(C)C)cc3)cc(=O)c2cc1C. The summed E-state index contributed by atoms with van der Waals surface area (Å²) in [7, 11) is 3.99. The number of benzene rings is 2. The van der Waals surface area contributed by atoms with Gasteiger partial charge >= 0.3 is 0 Å². The molecular formula is C19H19NO2. The highest BCUT2D eigenvalue weighted by atomic mass is 16.3. The second-order valence-corrected chi connectivity index (χ2v) is 5.85. The Morgan fingerprint density at radius 3 is 2.18 bits per heavy atom. The van der Waals surface area contributed by atoms with Crippen molar-refractivity contribution in [1.82, 2.24) is 0 Å². The first-order chi connectivity index (χ1) is 10.5. The van der Waals surface area contributed by atoms with Crippen LogP contribution in [0.3, 0.4) is 0 Å². The van der Waals surface area contributed by atoms with Crippen LogP contribution < -0.4 is 10.3 Å². The topological polar surface area (TPSA) is 33.5 Å². The molecule has 3 heteroatoms. The van der Waals surface area contributed by atoms with Crippen LogP contribution in [0.5, 0.6) is 0 Å². The molecule has 0 saturated carbocycles. The summed E-state index contributed by atoms with van der Waals surface area (Å²) in [4.78, 5) is 14.4. The van der Waals surface area contributed by atoms with Crippen LogP contribution in [0.25, 0.3) is 22.3 Å². The van der Waals surface area contributed by atoms with Gasteiger partial charge in [-0.05, 0) is 61.4 Å². The molecule has 2 aromatic carbocycles. The van der Waals surface area contributed by atoms with Crippen LogP contribution in [-0.4, -0.2) is 14.1 Å². The van der Waals surface area contributed by atoms with Crippen LogP contribution in [0.4, 0.5) is 5.69 Å². The molecular weight excluding hydrogens is 274 g/mol. The standard InChI is InChI=1S/C19H19NO2/c1-12-9-16-17(21)11-18(22-19(16)10-13(12)2)14-5-7-15(8-6-14)20(3)4/h5-11H,1-4H3. The zero-order valence-corrected chi connectivity index (χ0v) is 13.3. The van der Waals surface area contributed by atoms with Crippen LogP contribution in [0, 0.1) is 13.8 Å². The first-order valence-electron chi connectivity index (χ1n) is 7.28. The van der Waals surface area contributed by atoms with Crippen LogP contribution in [0.15, 0.2) is 51.7 Å². The average molecular weight is 293 g/mol. The number of fused-ring (bicyclic) bond motifs is 1. The van der Waals surface area contributed by atoms with Gasteiger partial charge in [0.05, 0.1) is 5.39 Å². The highest BCUT2D eigenvalue weighted by Crippen LogP contribution is 2.25. The number of hydrogen-bond acceptors (Lipinski definition) is 3. The Labute approximate surface area is 129 Å². The minimum atomic E-state index is -0.00367. The smallest absolute Gasteiger partial charge is 0.193 e. The molecule has 1 aromatic heterocycles. The maximum atomic E-state index is 12.3. The molecule has 0 radical (unpaired) electrons. The van der Waals surface area contributed by atoms with Gasteiger partial charge in [0.15, 0.2) is 5.43 Å². The van der Waals surface area contributed by atoms with Crippen molar-refractivity contribution in [2.24, 2.45) is 0 Å². The minimum absolute atomic E-state index is 0.00367. The molecule has 3 rings (SSSR count). The largest absolute Gasteiger partial charge is 0.456 e. The van der Waals surface area contributed by atoms with Gasteiger partial charge in [0, 0.05) is 31.4 Å². The van der Waals surface area contributed by atoms with E-state index in [0.29, 0.717) is 16.7 Å². The third-order valence-corrected chi connectivity index (χ3v) is 4.01. The van der Waals surface area contributed by atoms with Gasteiger partial charge in [-0.3, -0.25) is 4.79 Å². The second kappa shape index (κ2) is 5.34. The predicted molar refractivity (Wildman–Crippen MR) is 91.7 cm³/mol. The fraction of sp³-hybridized carbons (Fsp3) is 0.211. The Kier molecular flexibility index (Phi) is 3.49. The van der Waals surface area contributed by atoms with E-state index in [-0.39, 0.29) is 5.43 Å². The van der Waals surface area contributed by atoms with E-state index in [2.05, 4.69) is 0 Å². The van der Waals surface area contributed by atoms with Crippen LogP contribution in [0.2, 0.25) is 0 Å². The number of rotatable bonds is 2. The summed E-state index contributed by atoms with van der Waals surface area (Å²) in [6.45, 7) is 4.02. The summed E-state index contributed by atoms with van der Waals surface area (Å²) in [5.74, 6) is 0.603. The molecule has 3 nitrogen and oxygen atoms in total. The van der Waals surface area contributed by atoms with Crippen molar-refractivity contribution in [2.75, 3.05) is 19.0 Å². The van der Waals surface area contributed by atoms with Crippen LogP contribution in [-0.2, 0) is 0 Å². The lowest BCUT2D eigenvalue weighted by molar-refractivity contribution is 0.618. The van der Waals surface area contributed by atoms with Crippen LogP contribution in [0.1, 0.15) is 11.1 Å². The molecule has 3 aromatic rings. The monoisotopic (exact) mass is 293 g/mol. The summed E-state index contributed by atoms with van der Waals surface area (Å²) in [6, 6.07) is 13.4. The molecule has 112 valence electrons. The third kappa shape index (κ3) is 2.50. The highest BCUT2D eigenvalue weighted by Gasteiger charge is 2.09. The average Bonchev–Trinajstić information content (AvgIpc) is 2.49. The Morgan fingerprint density at radius 2 is 1.55 bits per heavy atom. The molecule has 0 bridgehead atoms. The van der Waals surface area contributed by atoms with E-state index in [9.17, 15) is 4.79 Å². The Morgan fingerprint density at radius 1 is 0.909 bits per heavy atom. The van der Waals surface area contributed by atoms with Crippen LogP contribution >= 0.6 is 0 Å². The normalized spacial score (nSPS) is 10.9. The van der Waals surface area contributed by atoms with Gasteiger partial charge in [-0.15, -0.1) is 0 Å². The minimum Gasteiger partial charge on any atom is -0.456 e. The van der Waals surface area contributed by atoms with E-state index in [1.165, 1.54) is 0 Å². The molecule has 0 saturated heterocycles. The molecule has 0 amide bonds. The van der Waals surface area contributed by atoms with Gasteiger partial charge in [0.1, 0.15) is 11.3 Å². The van der Waals surface area contributed by atoms with E-state index < -0.39 is 0 Å². The summed E-state index contributed by atoms with van der Waals surface area (Å²) in [5, 5.41) is 0.636. The van der Waals surface area contributed by atoms with Crippen molar-refractivity contribution < 1.29 is 4.42 Å². The van der Waals surface area contributed by atoms with Crippen molar-refractivity contribution in [3.8, 4) is 11.3 Å². The van der Waals surface area contributed by atoms with Gasteiger partial charge in [-0.2, -0.15) is 0 Å². The van der Waals surface area contributed by atoms with Crippen molar-refractivity contribution in [2.45, 2.75) is 13.8 Å². The van der Waals surface area contributed by atoms with Gasteiger partial charge in [0.25, 0.3) is 0 Å². The summed E-state index contributed by atoms with van der Waals surface area (Å²) >= 11 is 0. The van der Waals surface area contributed by atoms with E-state index in [4.69, 9.17) is 4.42 Å². The molecule has 0 aliphatic carbocycles. The zero-order valence-electron chi connectivity index (χ0n) is 13.3. The molecule has 0 spiro atoms. The maximum absolute atomic E-state index is 12.3. The number of anilines is 1. The lowest BCUT2D eigenvalue weighted by atomic mass is 10.1.